The molecule has 2 rings (SSSR count). The van der Waals surface area contributed by atoms with Crippen LogP contribution < -0.4 is 10.1 Å². The van der Waals surface area contributed by atoms with Crippen LogP contribution in [0.5, 0.6) is 5.75 Å². The van der Waals surface area contributed by atoms with Crippen LogP contribution in [0.4, 0.5) is 0 Å². The highest BCUT2D eigenvalue weighted by Gasteiger charge is 2.21. The van der Waals surface area contributed by atoms with Crippen LogP contribution in [-0.2, 0) is 13.0 Å². The van der Waals surface area contributed by atoms with Crippen molar-refractivity contribution >= 4 is 0 Å². The topological polar surface area (TPSA) is 39.1 Å². The van der Waals surface area contributed by atoms with Gasteiger partial charge in [0, 0.05) is 12.6 Å². The number of nitrogens with zero attached hydrogens (tertiary/aromatic N) is 2. The summed E-state index contributed by atoms with van der Waals surface area (Å²) in [4.78, 5) is 0. The molecule has 1 N–H and O–H groups in total. The summed E-state index contributed by atoms with van der Waals surface area (Å²) in [5, 5.41) is 7.91. The van der Waals surface area contributed by atoms with Crippen LogP contribution >= 0.6 is 0 Å². The second kappa shape index (κ2) is 5.54. The summed E-state index contributed by atoms with van der Waals surface area (Å²) in [6, 6.07) is 0.671. The number of aryl methyl sites for hydroxylation is 1. The van der Waals surface area contributed by atoms with Crippen molar-refractivity contribution in [1.29, 1.82) is 0 Å². The molecule has 1 aromatic heterocycles. The van der Waals surface area contributed by atoms with Crippen molar-refractivity contribution in [1.82, 2.24) is 15.1 Å². The third kappa shape index (κ3) is 2.80. The molecule has 4 heteroatoms. The second-order valence-corrected chi connectivity index (χ2v) is 4.93. The van der Waals surface area contributed by atoms with Crippen LogP contribution in [0, 0.1) is 5.92 Å². The van der Waals surface area contributed by atoms with E-state index in [4.69, 9.17) is 4.74 Å². The van der Waals surface area contributed by atoms with Gasteiger partial charge in [0.05, 0.1) is 19.0 Å². The largest absolute Gasteiger partial charge is 0.493 e. The first-order chi connectivity index (χ1) is 8.24. The number of nitrogens with one attached hydrogen (secondary N) is 1. The van der Waals surface area contributed by atoms with Gasteiger partial charge >= 0.3 is 0 Å². The van der Waals surface area contributed by atoms with Gasteiger partial charge in [0.15, 0.2) is 5.75 Å². The first-order valence-corrected chi connectivity index (χ1v) is 6.56. The first kappa shape index (κ1) is 12.4. The van der Waals surface area contributed by atoms with E-state index in [-0.39, 0.29) is 0 Å². The lowest BCUT2D eigenvalue weighted by atomic mass is 9.91. The summed E-state index contributed by atoms with van der Waals surface area (Å²) < 4.78 is 7.44. The van der Waals surface area contributed by atoms with Crippen molar-refractivity contribution in [2.24, 2.45) is 5.92 Å². The molecule has 4 nitrogen and oxygen atoms in total. The Morgan fingerprint density at radius 3 is 2.94 bits per heavy atom. The van der Waals surface area contributed by atoms with Crippen molar-refractivity contribution in [2.75, 3.05) is 13.7 Å². The summed E-state index contributed by atoms with van der Waals surface area (Å²) in [5.41, 5.74) is 1.25. The minimum absolute atomic E-state index is 0.671. The lowest BCUT2D eigenvalue weighted by Gasteiger charge is -2.27. The molecule has 0 amide bonds. The van der Waals surface area contributed by atoms with Crippen LogP contribution in [-0.4, -0.2) is 29.5 Å². The van der Waals surface area contributed by atoms with E-state index < -0.39 is 0 Å². The van der Waals surface area contributed by atoms with E-state index in [0.717, 1.165) is 25.3 Å². The van der Waals surface area contributed by atoms with Gasteiger partial charge in [0.2, 0.25) is 0 Å². The molecule has 0 radical (unpaired) electrons. The molecule has 2 atom stereocenters. The standard InChI is InChI=1S/C13H23N3O/c1-4-16-12(13(17-3)9-15-16)7-11-6-5-10(2)14-8-11/h9-11,14H,4-8H2,1-3H3. The third-order valence-electron chi connectivity index (χ3n) is 3.67. The minimum Gasteiger partial charge on any atom is -0.493 e. The van der Waals surface area contributed by atoms with Gasteiger partial charge in [-0.05, 0) is 45.6 Å². The molecule has 17 heavy (non-hydrogen) atoms. The fourth-order valence-electron chi connectivity index (χ4n) is 2.55. The highest BCUT2D eigenvalue weighted by atomic mass is 16.5. The van der Waals surface area contributed by atoms with Gasteiger partial charge in [-0.1, -0.05) is 0 Å². The van der Waals surface area contributed by atoms with Gasteiger partial charge in [0.25, 0.3) is 0 Å². The minimum atomic E-state index is 0.671. The van der Waals surface area contributed by atoms with E-state index in [9.17, 15) is 0 Å². The Balaban J connectivity index is 2.04. The zero-order chi connectivity index (χ0) is 12.3. The fourth-order valence-corrected chi connectivity index (χ4v) is 2.55. The van der Waals surface area contributed by atoms with E-state index in [1.807, 2.05) is 6.20 Å². The van der Waals surface area contributed by atoms with E-state index in [0.29, 0.717) is 12.0 Å². The average Bonchev–Trinajstić information content (AvgIpc) is 2.74. The number of hydrogen-bond acceptors (Lipinski definition) is 3. The zero-order valence-corrected chi connectivity index (χ0v) is 11.1. The molecular weight excluding hydrogens is 214 g/mol. The van der Waals surface area contributed by atoms with Gasteiger partial charge in [-0.2, -0.15) is 5.10 Å². The predicted octanol–water partition coefficient (Wildman–Crippen LogP) is 1.84. The smallest absolute Gasteiger partial charge is 0.159 e. The molecule has 0 aromatic carbocycles. The molecule has 96 valence electrons. The van der Waals surface area contributed by atoms with E-state index in [1.54, 1.807) is 7.11 Å². The van der Waals surface area contributed by atoms with Crippen molar-refractivity contribution in [3.63, 3.8) is 0 Å². The van der Waals surface area contributed by atoms with Gasteiger partial charge in [-0.15, -0.1) is 0 Å². The summed E-state index contributed by atoms with van der Waals surface area (Å²) in [6.07, 6.45) is 5.47. The zero-order valence-electron chi connectivity index (χ0n) is 11.1. The van der Waals surface area contributed by atoms with Gasteiger partial charge in [-0.25, -0.2) is 0 Å². The van der Waals surface area contributed by atoms with Gasteiger partial charge in [-0.3, -0.25) is 4.68 Å². The maximum absolute atomic E-state index is 5.39. The molecule has 0 saturated carbocycles. The highest BCUT2D eigenvalue weighted by Crippen LogP contribution is 2.25. The molecule has 0 bridgehead atoms. The summed E-state index contributed by atoms with van der Waals surface area (Å²) in [6.45, 7) is 6.40. The highest BCUT2D eigenvalue weighted by molar-refractivity contribution is 5.25. The third-order valence-corrected chi connectivity index (χ3v) is 3.67. The van der Waals surface area contributed by atoms with E-state index in [2.05, 4.69) is 28.9 Å². The Hall–Kier alpha value is -1.03. The number of piperidine rings is 1. The van der Waals surface area contributed by atoms with Crippen LogP contribution in [0.3, 0.4) is 0 Å². The molecule has 0 aliphatic carbocycles. The summed E-state index contributed by atoms with van der Waals surface area (Å²) in [7, 11) is 1.72. The maximum atomic E-state index is 5.39. The molecule has 1 aliphatic heterocycles. The molecule has 0 spiro atoms. The molecule has 1 aromatic rings. The molecule has 1 aliphatic rings. The lowest BCUT2D eigenvalue weighted by Crippen LogP contribution is -2.37. The number of hydrogen-bond donors (Lipinski definition) is 1. The van der Waals surface area contributed by atoms with Crippen LogP contribution in [0.2, 0.25) is 0 Å². The van der Waals surface area contributed by atoms with Crippen LogP contribution in [0.15, 0.2) is 6.20 Å². The normalized spacial score (nSPS) is 24.9. The predicted molar refractivity (Wildman–Crippen MR) is 68.3 cm³/mol. The fraction of sp³-hybridized carbons (Fsp3) is 0.769. The Labute approximate surface area is 103 Å². The summed E-state index contributed by atoms with van der Waals surface area (Å²) in [5.74, 6) is 1.65. The van der Waals surface area contributed by atoms with Crippen molar-refractivity contribution in [2.45, 2.75) is 45.7 Å². The molecule has 1 fully saturated rings. The number of aromatic nitrogens is 2. The second-order valence-electron chi connectivity index (χ2n) is 4.93. The first-order valence-electron chi connectivity index (χ1n) is 6.56. The Kier molecular flexibility index (Phi) is 4.05. The summed E-state index contributed by atoms with van der Waals surface area (Å²) >= 11 is 0. The molecular formula is C13H23N3O. The Bertz CT molecular complexity index is 332. The Morgan fingerprint density at radius 1 is 1.53 bits per heavy atom. The number of rotatable bonds is 4. The monoisotopic (exact) mass is 237 g/mol. The molecule has 2 heterocycles. The molecule has 1 saturated heterocycles. The van der Waals surface area contributed by atoms with Crippen molar-refractivity contribution in [3.8, 4) is 5.75 Å². The van der Waals surface area contributed by atoms with Gasteiger partial charge in [0.1, 0.15) is 0 Å². The SMILES string of the molecule is CCn1ncc(OC)c1CC1CCC(C)NC1. The van der Waals surface area contributed by atoms with Crippen molar-refractivity contribution < 1.29 is 4.74 Å². The quantitative estimate of drug-likeness (QED) is 0.868. The average molecular weight is 237 g/mol. The van der Waals surface area contributed by atoms with Crippen molar-refractivity contribution in [3.05, 3.63) is 11.9 Å². The van der Waals surface area contributed by atoms with E-state index >= 15 is 0 Å². The molecule has 2 unspecified atom stereocenters. The van der Waals surface area contributed by atoms with Crippen LogP contribution in [0.1, 0.15) is 32.4 Å². The van der Waals surface area contributed by atoms with Gasteiger partial charge < -0.3 is 10.1 Å². The lowest BCUT2D eigenvalue weighted by molar-refractivity contribution is 0.312. The van der Waals surface area contributed by atoms with Crippen LogP contribution in [0.25, 0.3) is 0 Å². The maximum Gasteiger partial charge on any atom is 0.159 e. The van der Waals surface area contributed by atoms with E-state index in [1.165, 1.54) is 18.5 Å². The number of methoxy groups -OCH3 is 1. The number of ether oxygens (including phenoxy) is 1. The Morgan fingerprint density at radius 2 is 2.35 bits per heavy atom.